The normalized spacial score (nSPS) is 10.0. The van der Waals surface area contributed by atoms with Gasteiger partial charge in [-0.25, -0.2) is 5.84 Å². The van der Waals surface area contributed by atoms with Crippen LogP contribution in [0.25, 0.3) is 0 Å². The molecule has 0 saturated carbocycles. The van der Waals surface area contributed by atoms with Crippen molar-refractivity contribution >= 4 is 17.5 Å². The first kappa shape index (κ1) is 14.3. The first-order chi connectivity index (χ1) is 10.0. The van der Waals surface area contributed by atoms with Gasteiger partial charge >= 0.3 is 0 Å². The minimum absolute atomic E-state index is 0.0641. The van der Waals surface area contributed by atoms with Crippen molar-refractivity contribution in [2.45, 2.75) is 0 Å². The number of hydrazine groups is 1. The van der Waals surface area contributed by atoms with E-state index in [1.165, 1.54) is 31.4 Å². The number of aromatic nitrogens is 2. The number of hydrogen-bond donors (Lipinski definition) is 3. The van der Waals surface area contributed by atoms with Gasteiger partial charge in [0, 0.05) is 12.1 Å². The molecule has 1 aromatic carbocycles. The molecule has 0 atom stereocenters. The summed E-state index contributed by atoms with van der Waals surface area (Å²) in [5, 5.41) is 10.8. The van der Waals surface area contributed by atoms with Gasteiger partial charge in [0.15, 0.2) is 11.5 Å². The molecule has 1 aromatic heterocycles. The molecule has 1 heterocycles. The van der Waals surface area contributed by atoms with Gasteiger partial charge in [-0.15, -0.1) is 0 Å². The van der Waals surface area contributed by atoms with Crippen LogP contribution < -0.4 is 26.5 Å². The van der Waals surface area contributed by atoms with Crippen molar-refractivity contribution in [3.8, 4) is 17.4 Å². The zero-order valence-corrected chi connectivity index (χ0v) is 10.9. The van der Waals surface area contributed by atoms with Gasteiger partial charge in [-0.05, 0) is 6.07 Å². The predicted octanol–water partition coefficient (Wildman–Crippen LogP) is 1.05. The van der Waals surface area contributed by atoms with E-state index in [1.807, 2.05) is 0 Å². The smallest absolute Gasteiger partial charge is 0.273 e. The number of hydrogen-bond acceptors (Lipinski definition) is 9. The van der Waals surface area contributed by atoms with Gasteiger partial charge < -0.3 is 20.6 Å². The summed E-state index contributed by atoms with van der Waals surface area (Å²) < 4.78 is 10.5. The van der Waals surface area contributed by atoms with E-state index in [-0.39, 0.29) is 29.1 Å². The molecule has 110 valence electrons. The molecule has 0 aliphatic heterocycles. The summed E-state index contributed by atoms with van der Waals surface area (Å²) >= 11 is 0. The van der Waals surface area contributed by atoms with Crippen LogP contribution in [0.4, 0.5) is 17.5 Å². The molecule has 0 aliphatic rings. The Morgan fingerprint density at radius 2 is 2.05 bits per heavy atom. The van der Waals surface area contributed by atoms with Gasteiger partial charge in [0.25, 0.3) is 5.69 Å². The Morgan fingerprint density at radius 3 is 2.67 bits per heavy atom. The van der Waals surface area contributed by atoms with Crippen LogP contribution in [-0.2, 0) is 0 Å². The van der Waals surface area contributed by atoms with Crippen LogP contribution >= 0.6 is 0 Å². The molecule has 0 saturated heterocycles. The summed E-state index contributed by atoms with van der Waals surface area (Å²) in [5.41, 5.74) is 7.65. The molecule has 0 aliphatic carbocycles. The fourth-order valence-corrected chi connectivity index (χ4v) is 1.54. The van der Waals surface area contributed by atoms with E-state index in [0.717, 1.165) is 0 Å². The van der Waals surface area contributed by atoms with Crippen LogP contribution in [0.3, 0.4) is 0 Å². The monoisotopic (exact) mass is 292 g/mol. The molecule has 2 aromatic rings. The molecule has 0 radical (unpaired) electrons. The third-order valence-electron chi connectivity index (χ3n) is 2.44. The summed E-state index contributed by atoms with van der Waals surface area (Å²) in [7, 11) is 1.41. The van der Waals surface area contributed by atoms with Crippen LogP contribution in [0.2, 0.25) is 0 Å². The lowest BCUT2D eigenvalue weighted by atomic mass is 10.3. The first-order valence-electron chi connectivity index (χ1n) is 5.65. The van der Waals surface area contributed by atoms with Gasteiger partial charge in [0.05, 0.1) is 18.1 Å². The largest absolute Gasteiger partial charge is 0.493 e. The summed E-state index contributed by atoms with van der Waals surface area (Å²) in [6.07, 6.45) is 0. The Labute approximate surface area is 118 Å². The average molecular weight is 292 g/mol. The molecule has 2 rings (SSSR count). The second kappa shape index (κ2) is 5.88. The van der Waals surface area contributed by atoms with Gasteiger partial charge in [-0.3, -0.25) is 10.1 Å². The fourth-order valence-electron chi connectivity index (χ4n) is 1.54. The highest BCUT2D eigenvalue weighted by Gasteiger charge is 2.14. The standard InChI is InChI=1S/C11H12N6O4/c1-20-7-3-2-6(17(18)19)4-8(7)21-10-5-9(16-13)14-11(12)15-10/h2-5H,13H2,1H3,(H3,12,14,15,16). The van der Waals surface area contributed by atoms with Crippen molar-refractivity contribution in [3.05, 3.63) is 34.4 Å². The molecule has 21 heavy (non-hydrogen) atoms. The Bertz CT molecular complexity index is 678. The Kier molecular flexibility index (Phi) is 4.00. The number of nitrogen functional groups attached to an aromatic ring is 2. The van der Waals surface area contributed by atoms with Gasteiger partial charge in [0.2, 0.25) is 11.8 Å². The summed E-state index contributed by atoms with van der Waals surface area (Å²) in [6.45, 7) is 0. The Balaban J connectivity index is 2.40. The van der Waals surface area contributed by atoms with Crippen molar-refractivity contribution in [2.75, 3.05) is 18.3 Å². The maximum absolute atomic E-state index is 10.8. The Morgan fingerprint density at radius 1 is 1.29 bits per heavy atom. The van der Waals surface area contributed by atoms with Crippen molar-refractivity contribution in [2.24, 2.45) is 5.84 Å². The average Bonchev–Trinajstić information content (AvgIpc) is 2.46. The van der Waals surface area contributed by atoms with Crippen LogP contribution in [0, 0.1) is 10.1 Å². The molecule has 0 bridgehead atoms. The molecule has 10 heteroatoms. The van der Waals surface area contributed by atoms with E-state index >= 15 is 0 Å². The van der Waals surface area contributed by atoms with Crippen molar-refractivity contribution in [1.29, 1.82) is 0 Å². The topological polar surface area (TPSA) is 151 Å². The van der Waals surface area contributed by atoms with Crippen molar-refractivity contribution in [1.82, 2.24) is 9.97 Å². The SMILES string of the molecule is COc1ccc([N+](=O)[O-])cc1Oc1cc(NN)nc(N)n1. The van der Waals surface area contributed by atoms with Gasteiger partial charge in [0.1, 0.15) is 5.82 Å². The van der Waals surface area contributed by atoms with Gasteiger partial charge in [-0.2, -0.15) is 9.97 Å². The summed E-state index contributed by atoms with van der Waals surface area (Å²) in [6, 6.07) is 5.31. The number of methoxy groups -OCH3 is 1. The number of nitrogens with zero attached hydrogens (tertiary/aromatic N) is 3. The predicted molar refractivity (Wildman–Crippen MR) is 74.0 cm³/mol. The third-order valence-corrected chi connectivity index (χ3v) is 2.44. The molecule has 0 unspecified atom stereocenters. The minimum atomic E-state index is -0.548. The summed E-state index contributed by atoms with van der Waals surface area (Å²) in [5.74, 6) is 5.90. The molecule has 0 amide bonds. The Hall–Kier alpha value is -3.14. The van der Waals surface area contributed by atoms with Crippen molar-refractivity contribution < 1.29 is 14.4 Å². The first-order valence-corrected chi connectivity index (χ1v) is 5.65. The molecular weight excluding hydrogens is 280 g/mol. The van der Waals surface area contributed by atoms with Crippen LogP contribution in [0.5, 0.6) is 17.4 Å². The van der Waals surface area contributed by atoms with E-state index in [0.29, 0.717) is 5.75 Å². The van der Waals surface area contributed by atoms with Gasteiger partial charge in [-0.1, -0.05) is 0 Å². The number of anilines is 2. The van der Waals surface area contributed by atoms with Crippen LogP contribution in [0.15, 0.2) is 24.3 Å². The zero-order chi connectivity index (χ0) is 15.4. The molecule has 10 nitrogen and oxygen atoms in total. The lowest BCUT2D eigenvalue weighted by Gasteiger charge is -2.10. The number of benzene rings is 1. The van der Waals surface area contributed by atoms with E-state index in [2.05, 4.69) is 15.4 Å². The maximum atomic E-state index is 10.8. The fraction of sp³-hybridized carbons (Fsp3) is 0.0909. The second-order valence-corrected chi connectivity index (χ2v) is 3.79. The summed E-state index contributed by atoms with van der Waals surface area (Å²) in [4.78, 5) is 17.9. The highest BCUT2D eigenvalue weighted by molar-refractivity contribution is 5.51. The van der Waals surface area contributed by atoms with E-state index < -0.39 is 4.92 Å². The number of nitro benzene ring substituents is 1. The highest BCUT2D eigenvalue weighted by Crippen LogP contribution is 2.34. The molecule has 0 fully saturated rings. The molecule has 0 spiro atoms. The van der Waals surface area contributed by atoms with Crippen molar-refractivity contribution in [3.63, 3.8) is 0 Å². The molecule has 5 N–H and O–H groups in total. The maximum Gasteiger partial charge on any atom is 0.273 e. The lowest BCUT2D eigenvalue weighted by molar-refractivity contribution is -0.384. The van der Waals surface area contributed by atoms with Crippen LogP contribution in [0.1, 0.15) is 0 Å². The second-order valence-electron chi connectivity index (χ2n) is 3.79. The van der Waals surface area contributed by atoms with E-state index in [1.54, 1.807) is 0 Å². The number of rotatable bonds is 5. The third kappa shape index (κ3) is 3.25. The number of nitrogens with two attached hydrogens (primary N) is 2. The molecular formula is C11H12N6O4. The highest BCUT2D eigenvalue weighted by atomic mass is 16.6. The van der Waals surface area contributed by atoms with Crippen LogP contribution in [-0.4, -0.2) is 22.0 Å². The number of nitrogens with one attached hydrogen (secondary N) is 1. The lowest BCUT2D eigenvalue weighted by Crippen LogP contribution is -2.10. The number of non-ortho nitro benzene ring substituents is 1. The van der Waals surface area contributed by atoms with E-state index in [4.69, 9.17) is 21.1 Å². The number of nitro groups is 1. The minimum Gasteiger partial charge on any atom is -0.493 e. The zero-order valence-electron chi connectivity index (χ0n) is 10.9. The number of ether oxygens (including phenoxy) is 2. The van der Waals surface area contributed by atoms with E-state index in [9.17, 15) is 10.1 Å². The quantitative estimate of drug-likeness (QED) is 0.417.